The lowest BCUT2D eigenvalue weighted by Gasteiger charge is -2.50. The molecule has 1 saturated heterocycles. The molecule has 16 heteroatoms. The molecule has 0 aromatic carbocycles. The van der Waals surface area contributed by atoms with Crippen molar-refractivity contribution in [3.63, 3.8) is 0 Å². The number of nitrogens with two attached hydrogens (primary N) is 1. The molecule has 188 valence electrons. The number of carboxylic acids is 2. The molecule has 0 bridgehead atoms. The van der Waals surface area contributed by atoms with E-state index < -0.39 is 35.2 Å². The van der Waals surface area contributed by atoms with Gasteiger partial charge in [-0.25, -0.2) is 9.36 Å². The molecule has 2 amide bonds. The fourth-order valence-electron chi connectivity index (χ4n) is 3.57. The summed E-state index contributed by atoms with van der Waals surface area (Å²) < 4.78 is 5.54. The monoisotopic (exact) mass is 533 g/mol. The molecule has 1 unspecified atom stereocenters. The second kappa shape index (κ2) is 10.3. The summed E-state index contributed by atoms with van der Waals surface area (Å²) in [4.78, 5) is 58.8. The normalized spacial score (nSPS) is 19.4. The van der Waals surface area contributed by atoms with Gasteiger partial charge in [-0.15, -0.1) is 11.8 Å². The van der Waals surface area contributed by atoms with Crippen LogP contribution in [0.1, 0.15) is 23.1 Å². The quantitative estimate of drug-likeness (QED) is 0.138. The average molecular weight is 534 g/mol. The van der Waals surface area contributed by atoms with Crippen molar-refractivity contribution in [2.45, 2.75) is 24.9 Å². The third-order valence-corrected chi connectivity index (χ3v) is 7.07. The van der Waals surface area contributed by atoms with E-state index in [2.05, 4.69) is 19.8 Å². The fourth-order valence-corrected chi connectivity index (χ4v) is 5.34. The highest BCUT2D eigenvalue weighted by Gasteiger charge is 2.53. The Balaban J connectivity index is 1.52. The molecule has 4 rings (SSSR count). The molecule has 14 nitrogen and oxygen atoms in total. The minimum atomic E-state index is -1.53. The minimum Gasteiger partial charge on any atom is -0.543 e. The molecular weight excluding hydrogens is 514 g/mol. The van der Waals surface area contributed by atoms with Crippen LogP contribution in [0.4, 0.5) is 5.13 Å². The Labute approximate surface area is 211 Å². The third-order valence-electron chi connectivity index (χ3n) is 5.19. The van der Waals surface area contributed by atoms with Crippen molar-refractivity contribution in [3.05, 3.63) is 47.2 Å². The maximum atomic E-state index is 12.9. The van der Waals surface area contributed by atoms with Crippen LogP contribution in [0, 0.1) is 0 Å². The number of nitrogens with one attached hydrogen (secondary N) is 1. The van der Waals surface area contributed by atoms with Crippen LogP contribution >= 0.6 is 23.3 Å². The first-order valence-corrected chi connectivity index (χ1v) is 12.2. The lowest BCUT2D eigenvalue weighted by atomic mass is 10.0. The number of thioether (sulfide) groups is 1. The molecule has 0 spiro atoms. The van der Waals surface area contributed by atoms with Crippen molar-refractivity contribution in [1.29, 1.82) is 0 Å². The van der Waals surface area contributed by atoms with Crippen molar-refractivity contribution in [2.75, 3.05) is 18.1 Å². The first-order valence-electron chi connectivity index (χ1n) is 10.4. The Morgan fingerprint density at radius 1 is 1.39 bits per heavy atom. The number of nitrogens with zero attached hydrogens (tertiary/aromatic N) is 5. The Hall–Kier alpha value is -4.05. The number of pyridine rings is 1. The molecule has 36 heavy (non-hydrogen) atoms. The molecule has 2 aromatic rings. The van der Waals surface area contributed by atoms with E-state index in [1.165, 1.54) is 36.3 Å². The van der Waals surface area contributed by atoms with Gasteiger partial charge in [-0.1, -0.05) is 5.16 Å². The Morgan fingerprint density at radius 2 is 2.11 bits per heavy atom. The van der Waals surface area contributed by atoms with Gasteiger partial charge in [0, 0.05) is 35.0 Å². The van der Waals surface area contributed by atoms with Gasteiger partial charge in [0.2, 0.25) is 11.5 Å². The van der Waals surface area contributed by atoms with Crippen molar-refractivity contribution in [1.82, 2.24) is 19.6 Å². The molecular formula is C20H19N7O7S2. The number of fused-ring (bicyclic) bond motifs is 1. The molecule has 4 N–H and O–H groups in total. The topological polar surface area (TPSA) is 204 Å². The van der Waals surface area contributed by atoms with Crippen LogP contribution in [-0.2, 0) is 25.8 Å². The smallest absolute Gasteiger partial charge is 0.336 e. The number of aliphatic carboxylic acids is 1. The van der Waals surface area contributed by atoms with Crippen molar-refractivity contribution in [3.8, 4) is 0 Å². The van der Waals surface area contributed by atoms with E-state index in [4.69, 9.17) is 15.7 Å². The molecule has 0 aliphatic carbocycles. The van der Waals surface area contributed by atoms with Crippen LogP contribution in [-0.4, -0.2) is 72.6 Å². The highest BCUT2D eigenvalue weighted by molar-refractivity contribution is 8.00. The molecule has 1 fully saturated rings. The summed E-state index contributed by atoms with van der Waals surface area (Å²) >= 11 is 2.13. The Bertz CT molecular complexity index is 1290. The summed E-state index contributed by atoms with van der Waals surface area (Å²) in [6.07, 6.45) is 3.00. The van der Waals surface area contributed by atoms with Gasteiger partial charge < -0.3 is 30.9 Å². The number of oxime groups is 1. The van der Waals surface area contributed by atoms with E-state index >= 15 is 0 Å². The number of hydrogen-bond acceptors (Lipinski definition) is 12. The molecule has 2 aromatic heterocycles. The second-order valence-corrected chi connectivity index (χ2v) is 9.37. The van der Waals surface area contributed by atoms with Gasteiger partial charge in [0.15, 0.2) is 24.1 Å². The van der Waals surface area contributed by atoms with E-state index in [0.29, 0.717) is 5.57 Å². The zero-order chi connectivity index (χ0) is 26.0. The minimum absolute atomic E-state index is 0.0630. The standard InChI is InChI=1S/C20H19N7O7S2/c1-2-34-24-11(14-23-20(21)36-25-14)15(28)22-12-16(29)27-13(19(32)33)10(8-35-17(12)27)7-26-5-3-9(4-6-26)18(30)31/h3-6,12,17H,2,7-8H2,1H3,(H4-,21,22,23,25,28,30,31,32,33)/b24-11-/t12?,17-/m1/s1. The number of carbonyl (C=O) groups excluding carboxylic acids is 3. The number of β-lactam (4-membered cyclic amide) rings is 1. The van der Waals surface area contributed by atoms with Gasteiger partial charge >= 0.3 is 5.97 Å². The number of amides is 2. The number of hydrogen-bond donors (Lipinski definition) is 3. The Morgan fingerprint density at radius 3 is 2.69 bits per heavy atom. The average Bonchev–Trinajstić information content (AvgIpc) is 3.28. The number of aromatic carboxylic acids is 1. The van der Waals surface area contributed by atoms with Crippen molar-refractivity contribution < 1.29 is 38.8 Å². The van der Waals surface area contributed by atoms with E-state index in [1.807, 2.05) is 0 Å². The molecule has 0 radical (unpaired) electrons. The van der Waals surface area contributed by atoms with Crippen LogP contribution in [0.3, 0.4) is 0 Å². The zero-order valence-corrected chi connectivity index (χ0v) is 20.2. The van der Waals surface area contributed by atoms with Crippen LogP contribution in [0.25, 0.3) is 0 Å². The summed E-state index contributed by atoms with van der Waals surface area (Å²) in [5, 5.41) is 26.7. The first-order chi connectivity index (χ1) is 17.2. The summed E-state index contributed by atoms with van der Waals surface area (Å²) in [6.45, 7) is 1.94. The van der Waals surface area contributed by atoms with E-state index in [1.54, 1.807) is 11.5 Å². The molecule has 2 aliphatic rings. The van der Waals surface area contributed by atoms with Crippen molar-refractivity contribution >= 4 is 57.9 Å². The summed E-state index contributed by atoms with van der Waals surface area (Å²) in [5.41, 5.74) is 5.53. The highest BCUT2D eigenvalue weighted by atomic mass is 32.2. The third kappa shape index (κ3) is 4.85. The maximum Gasteiger partial charge on any atom is 0.336 e. The molecule has 0 saturated carbocycles. The maximum absolute atomic E-state index is 12.9. The lowest BCUT2D eigenvalue weighted by Crippen LogP contribution is -2.71. The van der Waals surface area contributed by atoms with E-state index in [9.17, 15) is 24.3 Å². The van der Waals surface area contributed by atoms with E-state index in [0.717, 1.165) is 16.4 Å². The van der Waals surface area contributed by atoms with Crippen LogP contribution in [0.5, 0.6) is 0 Å². The number of carboxylic acid groups (broad SMARTS) is 2. The highest BCUT2D eigenvalue weighted by Crippen LogP contribution is 2.40. The summed E-state index contributed by atoms with van der Waals surface area (Å²) in [5.74, 6) is -3.86. The second-order valence-electron chi connectivity index (χ2n) is 7.48. The number of anilines is 1. The predicted molar refractivity (Wildman–Crippen MR) is 123 cm³/mol. The van der Waals surface area contributed by atoms with E-state index in [-0.39, 0.29) is 46.8 Å². The summed E-state index contributed by atoms with van der Waals surface area (Å²) in [7, 11) is 0. The SMILES string of the molecule is CCO/N=C(\C(=O)NC1C(=O)N2C(C(=O)[O-])=C(C[n+]3ccc(C(=O)O)cc3)CS[C@H]12)c1nsc(N)n1. The van der Waals surface area contributed by atoms with Crippen LogP contribution in [0.2, 0.25) is 0 Å². The number of rotatable bonds is 9. The van der Waals surface area contributed by atoms with Gasteiger partial charge in [0.25, 0.3) is 11.8 Å². The van der Waals surface area contributed by atoms with Crippen molar-refractivity contribution in [2.24, 2.45) is 5.16 Å². The van der Waals surface area contributed by atoms with Gasteiger partial charge in [-0.3, -0.25) is 14.5 Å². The predicted octanol–water partition coefficient (Wildman–Crippen LogP) is -2.05. The van der Waals surface area contributed by atoms with Crippen LogP contribution in [0.15, 0.2) is 41.0 Å². The van der Waals surface area contributed by atoms with Gasteiger partial charge in [-0.2, -0.15) is 9.36 Å². The van der Waals surface area contributed by atoms with Gasteiger partial charge in [-0.05, 0) is 6.92 Å². The Kier molecular flexibility index (Phi) is 7.16. The fraction of sp³-hybridized carbons (Fsp3) is 0.300. The number of carbonyl (C=O) groups is 4. The van der Waals surface area contributed by atoms with Gasteiger partial charge in [0.05, 0.1) is 17.2 Å². The zero-order valence-electron chi connectivity index (χ0n) is 18.6. The molecule has 2 aliphatic heterocycles. The number of aromatic nitrogens is 3. The molecule has 2 atom stereocenters. The largest absolute Gasteiger partial charge is 0.543 e. The van der Waals surface area contributed by atoms with Crippen LogP contribution < -0.4 is 20.7 Å². The van der Waals surface area contributed by atoms with Gasteiger partial charge in [0.1, 0.15) is 18.0 Å². The molecule has 4 heterocycles. The summed E-state index contributed by atoms with van der Waals surface area (Å²) in [6, 6.07) is 1.74. The first kappa shape index (κ1) is 25.1. The lowest BCUT2D eigenvalue weighted by molar-refractivity contribution is -0.689. The number of nitrogen functional groups attached to an aromatic ring is 1.